The fourth-order valence-corrected chi connectivity index (χ4v) is 1.95. The van der Waals surface area contributed by atoms with Crippen molar-refractivity contribution in [3.8, 4) is 0 Å². The monoisotopic (exact) mass is 312 g/mol. The first-order chi connectivity index (χ1) is 9.96. The lowest BCUT2D eigenvalue weighted by atomic mass is 10.3. The predicted octanol–water partition coefficient (Wildman–Crippen LogP) is 0.639. The van der Waals surface area contributed by atoms with Crippen molar-refractivity contribution in [1.29, 1.82) is 0 Å². The molecule has 8 heteroatoms. The summed E-state index contributed by atoms with van der Waals surface area (Å²) in [5.41, 5.74) is 0.641. The predicted molar refractivity (Wildman–Crippen MR) is 76.5 cm³/mol. The largest absolute Gasteiger partial charge is 0.468 e. The molecule has 0 unspecified atom stereocenters. The average molecular weight is 312 g/mol. The van der Waals surface area contributed by atoms with Crippen LogP contribution in [0.25, 0.3) is 6.08 Å². The number of methoxy groups -OCH3 is 2. The lowest BCUT2D eigenvalue weighted by molar-refractivity contribution is -0.150. The number of nitrogens with zero attached hydrogens (tertiary/aromatic N) is 2. The van der Waals surface area contributed by atoms with Crippen LogP contribution in [0.2, 0.25) is 0 Å². The Morgan fingerprint density at radius 3 is 2.24 bits per heavy atom. The summed E-state index contributed by atoms with van der Waals surface area (Å²) in [5.74, 6) is -1.74. The first-order valence-corrected chi connectivity index (χ1v) is 6.87. The Balaban J connectivity index is 2.75. The highest BCUT2D eigenvalue weighted by molar-refractivity contribution is 7.09. The van der Waals surface area contributed by atoms with E-state index in [9.17, 15) is 14.4 Å². The first kappa shape index (κ1) is 16.8. The Morgan fingerprint density at radius 1 is 1.24 bits per heavy atom. The minimum absolute atomic E-state index is 0.329. The fraction of sp³-hybridized carbons (Fsp3) is 0.385. The first-order valence-electron chi connectivity index (χ1n) is 5.99. The molecule has 0 spiro atoms. The Labute approximate surface area is 126 Å². The number of esters is 2. The summed E-state index contributed by atoms with van der Waals surface area (Å²) >= 11 is 1.46. The Bertz CT molecular complexity index is 535. The van der Waals surface area contributed by atoms with Crippen LogP contribution in [0.4, 0.5) is 0 Å². The van der Waals surface area contributed by atoms with Gasteiger partial charge in [-0.1, -0.05) is 0 Å². The van der Waals surface area contributed by atoms with Crippen LogP contribution < -0.4 is 0 Å². The lowest BCUT2D eigenvalue weighted by Gasteiger charge is -2.18. The number of hydrogen-bond acceptors (Lipinski definition) is 7. The molecule has 114 valence electrons. The zero-order chi connectivity index (χ0) is 15.8. The number of hydrogen-bond donors (Lipinski definition) is 0. The summed E-state index contributed by atoms with van der Waals surface area (Å²) in [7, 11) is 2.41. The molecule has 1 aromatic rings. The Morgan fingerprint density at radius 2 is 1.81 bits per heavy atom. The second kappa shape index (κ2) is 8.15. The lowest BCUT2D eigenvalue weighted by Crippen LogP contribution is -2.39. The van der Waals surface area contributed by atoms with Gasteiger partial charge in [-0.25, -0.2) is 4.98 Å². The van der Waals surface area contributed by atoms with Crippen molar-refractivity contribution in [3.63, 3.8) is 0 Å². The maximum atomic E-state index is 12.0. The maximum Gasteiger partial charge on any atom is 0.325 e. The summed E-state index contributed by atoms with van der Waals surface area (Å²) in [6, 6.07) is 0. The molecule has 0 radical (unpaired) electrons. The molecule has 0 atom stereocenters. The zero-order valence-corrected chi connectivity index (χ0v) is 12.8. The quantitative estimate of drug-likeness (QED) is 0.566. The molecule has 0 bridgehead atoms. The fourth-order valence-electron chi connectivity index (χ4n) is 1.37. The third kappa shape index (κ3) is 5.74. The van der Waals surface area contributed by atoms with Crippen molar-refractivity contribution in [2.45, 2.75) is 6.92 Å². The van der Waals surface area contributed by atoms with Crippen LogP contribution in [0.3, 0.4) is 0 Å². The molecule has 0 aliphatic carbocycles. The summed E-state index contributed by atoms with van der Waals surface area (Å²) in [6.07, 6.45) is 2.77. The van der Waals surface area contributed by atoms with Crippen LogP contribution in [0.5, 0.6) is 0 Å². The van der Waals surface area contributed by atoms with Gasteiger partial charge in [-0.3, -0.25) is 14.4 Å². The molecule has 0 aromatic carbocycles. The van der Waals surface area contributed by atoms with Crippen LogP contribution in [-0.4, -0.2) is 55.0 Å². The second-order valence-electron chi connectivity index (χ2n) is 3.97. The molecule has 21 heavy (non-hydrogen) atoms. The van der Waals surface area contributed by atoms with Gasteiger partial charge in [0.1, 0.15) is 13.1 Å². The number of amides is 1. The highest BCUT2D eigenvalue weighted by Gasteiger charge is 2.19. The molecule has 1 rings (SSSR count). The van der Waals surface area contributed by atoms with Gasteiger partial charge in [0.15, 0.2) is 0 Å². The second-order valence-corrected chi connectivity index (χ2v) is 5.03. The van der Waals surface area contributed by atoms with Crippen molar-refractivity contribution < 1.29 is 23.9 Å². The van der Waals surface area contributed by atoms with E-state index in [4.69, 9.17) is 0 Å². The summed E-state index contributed by atoms with van der Waals surface area (Å²) in [6.45, 7) is 1.19. The molecular weight excluding hydrogens is 296 g/mol. The van der Waals surface area contributed by atoms with Crippen molar-refractivity contribution in [1.82, 2.24) is 9.88 Å². The van der Waals surface area contributed by atoms with Gasteiger partial charge in [0, 0.05) is 11.5 Å². The van der Waals surface area contributed by atoms with Gasteiger partial charge in [0.05, 0.1) is 24.9 Å². The number of rotatable bonds is 6. The third-order valence-electron chi connectivity index (χ3n) is 2.44. The summed E-state index contributed by atoms with van der Waals surface area (Å²) in [4.78, 5) is 39.8. The SMILES string of the molecule is COC(=O)CN(CC(=O)OC)C(=O)C=Cc1csc(C)n1. The molecular formula is C13H16N2O5S. The standard InChI is InChI=1S/C13H16N2O5S/c1-9-14-10(8-21-9)4-5-11(16)15(6-12(17)19-2)7-13(18)20-3/h4-5,8H,6-7H2,1-3H3. The number of carbonyl (C=O) groups excluding carboxylic acids is 3. The third-order valence-corrected chi connectivity index (χ3v) is 3.23. The highest BCUT2D eigenvalue weighted by Crippen LogP contribution is 2.09. The Kier molecular flexibility index (Phi) is 6.54. The van der Waals surface area contributed by atoms with Crippen LogP contribution in [0, 0.1) is 6.92 Å². The van der Waals surface area contributed by atoms with Crippen molar-refractivity contribution in [2.75, 3.05) is 27.3 Å². The smallest absolute Gasteiger partial charge is 0.325 e. The van der Waals surface area contributed by atoms with E-state index in [1.807, 2.05) is 6.92 Å². The minimum Gasteiger partial charge on any atom is -0.468 e. The van der Waals surface area contributed by atoms with E-state index >= 15 is 0 Å². The van der Waals surface area contributed by atoms with E-state index in [0.29, 0.717) is 5.69 Å². The van der Waals surface area contributed by atoms with Gasteiger partial charge in [-0.05, 0) is 13.0 Å². The minimum atomic E-state index is -0.620. The molecule has 0 saturated heterocycles. The molecule has 0 N–H and O–H groups in total. The van der Waals surface area contributed by atoms with Crippen molar-refractivity contribution >= 4 is 35.3 Å². The molecule has 0 saturated carbocycles. The molecule has 0 fully saturated rings. The molecule has 0 aliphatic heterocycles. The maximum absolute atomic E-state index is 12.0. The molecule has 1 aromatic heterocycles. The highest BCUT2D eigenvalue weighted by atomic mass is 32.1. The molecule has 1 amide bonds. The van der Waals surface area contributed by atoms with E-state index in [2.05, 4.69) is 14.5 Å². The van der Waals surface area contributed by atoms with E-state index in [-0.39, 0.29) is 13.1 Å². The topological polar surface area (TPSA) is 85.8 Å². The van der Waals surface area contributed by atoms with E-state index in [1.54, 1.807) is 5.38 Å². The molecule has 0 aliphatic rings. The van der Waals surface area contributed by atoms with Gasteiger partial charge >= 0.3 is 11.9 Å². The van der Waals surface area contributed by atoms with Gasteiger partial charge in [0.2, 0.25) is 5.91 Å². The summed E-state index contributed by atoms with van der Waals surface area (Å²) in [5, 5.41) is 2.67. The van der Waals surface area contributed by atoms with Crippen LogP contribution >= 0.6 is 11.3 Å². The number of aromatic nitrogens is 1. The van der Waals surface area contributed by atoms with Crippen LogP contribution in [0.1, 0.15) is 10.7 Å². The molecule has 1 heterocycles. The Hall–Kier alpha value is -2.22. The number of thiazole rings is 1. The van der Waals surface area contributed by atoms with E-state index in [1.165, 1.54) is 37.7 Å². The van der Waals surface area contributed by atoms with Crippen LogP contribution in [0.15, 0.2) is 11.5 Å². The van der Waals surface area contributed by atoms with E-state index < -0.39 is 17.8 Å². The zero-order valence-electron chi connectivity index (χ0n) is 12.0. The van der Waals surface area contributed by atoms with Crippen molar-refractivity contribution in [3.05, 3.63) is 22.2 Å². The number of carbonyl (C=O) groups is 3. The number of ether oxygens (including phenoxy) is 2. The average Bonchev–Trinajstić information content (AvgIpc) is 2.89. The van der Waals surface area contributed by atoms with Crippen molar-refractivity contribution in [2.24, 2.45) is 0 Å². The van der Waals surface area contributed by atoms with E-state index in [0.717, 1.165) is 9.91 Å². The number of aryl methyl sites for hydroxylation is 1. The van der Waals surface area contributed by atoms with Gasteiger partial charge < -0.3 is 14.4 Å². The van der Waals surface area contributed by atoms with Crippen LogP contribution in [-0.2, 0) is 23.9 Å². The van der Waals surface area contributed by atoms with Gasteiger partial charge in [-0.15, -0.1) is 11.3 Å². The van der Waals surface area contributed by atoms with Gasteiger partial charge in [0.25, 0.3) is 0 Å². The molecule has 7 nitrogen and oxygen atoms in total. The van der Waals surface area contributed by atoms with Gasteiger partial charge in [-0.2, -0.15) is 0 Å². The normalized spacial score (nSPS) is 10.4. The summed E-state index contributed by atoms with van der Waals surface area (Å²) < 4.78 is 8.98.